The summed E-state index contributed by atoms with van der Waals surface area (Å²) in [5, 5.41) is 12.8. The molecule has 2 rings (SSSR count). The zero-order chi connectivity index (χ0) is 13.0. The van der Waals surface area contributed by atoms with Gasteiger partial charge in [0.15, 0.2) is 0 Å². The van der Waals surface area contributed by atoms with Gasteiger partial charge >= 0.3 is 0 Å². The predicted molar refractivity (Wildman–Crippen MR) is 68.8 cm³/mol. The van der Waals surface area contributed by atoms with Crippen molar-refractivity contribution >= 4 is 5.91 Å². The molecule has 18 heavy (non-hydrogen) atoms. The molecular weight excluding hydrogens is 230 g/mol. The second-order valence-electron chi connectivity index (χ2n) is 4.57. The third kappa shape index (κ3) is 3.01. The molecule has 1 aliphatic rings. The summed E-state index contributed by atoms with van der Waals surface area (Å²) in [5.41, 5.74) is 1.37. The molecule has 1 amide bonds. The van der Waals surface area contributed by atoms with Crippen LogP contribution < -0.4 is 5.32 Å². The van der Waals surface area contributed by atoms with Gasteiger partial charge in [-0.3, -0.25) is 4.79 Å². The summed E-state index contributed by atoms with van der Waals surface area (Å²) in [6.45, 7) is 3.38. The van der Waals surface area contributed by atoms with Gasteiger partial charge < -0.3 is 15.2 Å². The first-order valence-electron chi connectivity index (χ1n) is 6.41. The molecule has 0 atom stereocenters. The second kappa shape index (κ2) is 5.87. The summed E-state index contributed by atoms with van der Waals surface area (Å²) in [6.07, 6.45) is 2.51. The third-order valence-corrected chi connectivity index (χ3v) is 3.27. The van der Waals surface area contributed by atoms with E-state index in [0.29, 0.717) is 18.8 Å². The molecular formula is C14H19NO3. The number of hydrogen-bond acceptors (Lipinski definition) is 3. The van der Waals surface area contributed by atoms with Crippen molar-refractivity contribution in [2.45, 2.75) is 32.2 Å². The van der Waals surface area contributed by atoms with Crippen molar-refractivity contribution in [1.29, 1.82) is 0 Å². The first-order valence-corrected chi connectivity index (χ1v) is 6.41. The van der Waals surface area contributed by atoms with E-state index in [9.17, 15) is 9.90 Å². The third-order valence-electron chi connectivity index (χ3n) is 3.27. The number of aromatic hydroxyl groups is 1. The number of carbonyl (C=O) groups excluding carboxylic acids is 1. The standard InChI is InChI=1S/C14H19NO3/c1-2-10-3-4-12(13(16)9-10)14(17)15-11-5-7-18-8-6-11/h3-4,9,11,16H,2,5-8H2,1H3,(H,15,17). The monoisotopic (exact) mass is 249 g/mol. The van der Waals surface area contributed by atoms with Crippen molar-refractivity contribution in [3.63, 3.8) is 0 Å². The van der Waals surface area contributed by atoms with Gasteiger partial charge in [-0.1, -0.05) is 13.0 Å². The molecule has 0 spiro atoms. The van der Waals surface area contributed by atoms with Crippen LogP contribution in [0.4, 0.5) is 0 Å². The second-order valence-corrected chi connectivity index (χ2v) is 4.57. The number of phenolic OH excluding ortho intramolecular Hbond substituents is 1. The smallest absolute Gasteiger partial charge is 0.255 e. The van der Waals surface area contributed by atoms with E-state index >= 15 is 0 Å². The molecule has 0 aliphatic carbocycles. The van der Waals surface area contributed by atoms with Crippen molar-refractivity contribution in [3.05, 3.63) is 29.3 Å². The maximum atomic E-state index is 12.0. The normalized spacial score (nSPS) is 16.5. The molecule has 1 aromatic carbocycles. The Kier molecular flexibility index (Phi) is 4.20. The average Bonchev–Trinajstić information content (AvgIpc) is 2.39. The fourth-order valence-electron chi connectivity index (χ4n) is 2.09. The molecule has 0 saturated carbocycles. The molecule has 2 N–H and O–H groups in total. The van der Waals surface area contributed by atoms with E-state index in [2.05, 4.69) is 5.32 Å². The van der Waals surface area contributed by atoms with Crippen LogP contribution in [0.15, 0.2) is 18.2 Å². The van der Waals surface area contributed by atoms with Crippen LogP contribution in [0.2, 0.25) is 0 Å². The SMILES string of the molecule is CCc1ccc(C(=O)NC2CCOCC2)c(O)c1. The Balaban J connectivity index is 2.03. The van der Waals surface area contributed by atoms with Crippen LogP contribution >= 0.6 is 0 Å². The highest BCUT2D eigenvalue weighted by molar-refractivity contribution is 5.97. The number of carbonyl (C=O) groups is 1. The molecule has 0 unspecified atom stereocenters. The van der Waals surface area contributed by atoms with Gasteiger partial charge in [0.05, 0.1) is 5.56 Å². The van der Waals surface area contributed by atoms with Crippen molar-refractivity contribution < 1.29 is 14.6 Å². The minimum Gasteiger partial charge on any atom is -0.507 e. The Morgan fingerprint density at radius 1 is 1.44 bits per heavy atom. The van der Waals surface area contributed by atoms with Crippen LogP contribution in [-0.4, -0.2) is 30.3 Å². The molecule has 98 valence electrons. The van der Waals surface area contributed by atoms with Crippen LogP contribution in [0.5, 0.6) is 5.75 Å². The summed E-state index contributed by atoms with van der Waals surface area (Å²) in [4.78, 5) is 12.0. The quantitative estimate of drug-likeness (QED) is 0.859. The van der Waals surface area contributed by atoms with Gasteiger partial charge in [-0.05, 0) is 37.0 Å². The molecule has 1 saturated heterocycles. The summed E-state index contributed by atoms with van der Waals surface area (Å²) >= 11 is 0. The van der Waals surface area contributed by atoms with Crippen molar-refractivity contribution in [2.75, 3.05) is 13.2 Å². The Morgan fingerprint density at radius 3 is 2.78 bits per heavy atom. The van der Waals surface area contributed by atoms with Crippen LogP contribution in [0.3, 0.4) is 0 Å². The first kappa shape index (κ1) is 12.9. The first-order chi connectivity index (χ1) is 8.70. The number of hydrogen-bond donors (Lipinski definition) is 2. The highest BCUT2D eigenvalue weighted by Crippen LogP contribution is 2.19. The van der Waals surface area contributed by atoms with E-state index in [1.54, 1.807) is 12.1 Å². The molecule has 0 bridgehead atoms. The lowest BCUT2D eigenvalue weighted by Crippen LogP contribution is -2.38. The molecule has 1 aliphatic heterocycles. The van der Waals surface area contributed by atoms with Crippen molar-refractivity contribution in [3.8, 4) is 5.75 Å². The Morgan fingerprint density at radius 2 is 2.17 bits per heavy atom. The number of aryl methyl sites for hydroxylation is 1. The fourth-order valence-corrected chi connectivity index (χ4v) is 2.09. The molecule has 0 radical (unpaired) electrons. The van der Waals surface area contributed by atoms with Crippen LogP contribution in [-0.2, 0) is 11.2 Å². The van der Waals surface area contributed by atoms with E-state index in [-0.39, 0.29) is 17.7 Å². The molecule has 1 aromatic rings. The number of nitrogens with one attached hydrogen (secondary N) is 1. The minimum absolute atomic E-state index is 0.0545. The van der Waals surface area contributed by atoms with Crippen molar-refractivity contribution in [1.82, 2.24) is 5.32 Å². The van der Waals surface area contributed by atoms with Gasteiger partial charge in [0.25, 0.3) is 5.91 Å². The van der Waals surface area contributed by atoms with E-state index < -0.39 is 0 Å². The number of rotatable bonds is 3. The summed E-state index contributed by atoms with van der Waals surface area (Å²) < 4.78 is 5.24. The largest absolute Gasteiger partial charge is 0.507 e. The van der Waals surface area contributed by atoms with Crippen LogP contribution in [0.1, 0.15) is 35.7 Å². The highest BCUT2D eigenvalue weighted by Gasteiger charge is 2.18. The average molecular weight is 249 g/mol. The highest BCUT2D eigenvalue weighted by atomic mass is 16.5. The lowest BCUT2D eigenvalue weighted by Gasteiger charge is -2.23. The minimum atomic E-state index is -0.206. The number of ether oxygens (including phenoxy) is 1. The van der Waals surface area contributed by atoms with E-state index in [4.69, 9.17) is 4.74 Å². The zero-order valence-corrected chi connectivity index (χ0v) is 10.6. The molecule has 4 heteroatoms. The fraction of sp³-hybridized carbons (Fsp3) is 0.500. The van der Waals surface area contributed by atoms with Crippen molar-refractivity contribution in [2.24, 2.45) is 0 Å². The predicted octanol–water partition coefficient (Wildman–Crippen LogP) is 1.86. The summed E-state index contributed by atoms with van der Waals surface area (Å²) in [7, 11) is 0. The maximum Gasteiger partial charge on any atom is 0.255 e. The maximum absolute atomic E-state index is 12.0. The van der Waals surface area contributed by atoms with Gasteiger partial charge in [-0.15, -0.1) is 0 Å². The van der Waals surface area contributed by atoms with E-state index in [0.717, 1.165) is 24.8 Å². The molecule has 1 fully saturated rings. The van der Waals surface area contributed by atoms with Gasteiger partial charge in [-0.25, -0.2) is 0 Å². The Hall–Kier alpha value is -1.55. The van der Waals surface area contributed by atoms with Crippen LogP contribution in [0.25, 0.3) is 0 Å². The lowest BCUT2D eigenvalue weighted by atomic mass is 10.1. The lowest BCUT2D eigenvalue weighted by molar-refractivity contribution is 0.0695. The Labute approximate surface area is 107 Å². The summed E-state index contributed by atoms with van der Waals surface area (Å²) in [6, 6.07) is 5.36. The zero-order valence-electron chi connectivity index (χ0n) is 10.6. The van der Waals surface area contributed by atoms with Crippen LogP contribution in [0, 0.1) is 0 Å². The Bertz CT molecular complexity index is 425. The molecule has 0 aromatic heterocycles. The topological polar surface area (TPSA) is 58.6 Å². The number of benzene rings is 1. The van der Waals surface area contributed by atoms with Gasteiger partial charge in [0.2, 0.25) is 0 Å². The van der Waals surface area contributed by atoms with E-state index in [1.807, 2.05) is 13.0 Å². The van der Waals surface area contributed by atoms with Gasteiger partial charge in [-0.2, -0.15) is 0 Å². The van der Waals surface area contributed by atoms with Gasteiger partial charge in [0.1, 0.15) is 5.75 Å². The van der Waals surface area contributed by atoms with Gasteiger partial charge in [0, 0.05) is 19.3 Å². The number of amides is 1. The molecule has 1 heterocycles. The number of phenols is 1. The van der Waals surface area contributed by atoms with E-state index in [1.165, 1.54) is 0 Å². The summed E-state index contributed by atoms with van der Waals surface area (Å²) in [5.74, 6) is -0.152. The molecule has 4 nitrogen and oxygen atoms in total.